The van der Waals surface area contributed by atoms with E-state index in [1.165, 1.54) is 193 Å². The van der Waals surface area contributed by atoms with Gasteiger partial charge in [0.25, 0.3) is 0 Å². The lowest BCUT2D eigenvalue weighted by atomic mass is 10.0. The van der Waals surface area contributed by atoms with Crippen LogP contribution in [0.3, 0.4) is 0 Å². The van der Waals surface area contributed by atoms with Crippen molar-refractivity contribution in [1.29, 1.82) is 0 Å². The predicted molar refractivity (Wildman–Crippen MR) is 316 cm³/mol. The summed E-state index contributed by atoms with van der Waals surface area (Å²) >= 11 is 0. The molecule has 5 nitrogen and oxygen atoms in total. The van der Waals surface area contributed by atoms with E-state index >= 15 is 0 Å². The molecular formula is C67H120O5. The van der Waals surface area contributed by atoms with E-state index in [-0.39, 0.29) is 25.2 Å². The number of rotatable bonds is 58. The van der Waals surface area contributed by atoms with Crippen molar-refractivity contribution in [1.82, 2.24) is 0 Å². The van der Waals surface area contributed by atoms with Crippen molar-refractivity contribution in [3.8, 4) is 0 Å². The van der Waals surface area contributed by atoms with Crippen LogP contribution in [0.4, 0.5) is 0 Å². The summed E-state index contributed by atoms with van der Waals surface area (Å²) in [7, 11) is 0. The largest absolute Gasteiger partial charge is 0.462 e. The SMILES string of the molecule is CC/C=C\C/C=C\C/C=C\C/C=C\CCCCCCC(=O)OC(COCCCCCCCCCCCCCCCCCCCCCC)COC(=O)CCCCCCCCCCC/C=C\C/C=C\CCCCC. The number of hydrogen-bond donors (Lipinski definition) is 0. The summed E-state index contributed by atoms with van der Waals surface area (Å²) in [4.78, 5) is 25.6. The summed E-state index contributed by atoms with van der Waals surface area (Å²) in [6.45, 7) is 7.71. The van der Waals surface area contributed by atoms with Gasteiger partial charge >= 0.3 is 11.9 Å². The minimum absolute atomic E-state index is 0.0741. The molecule has 0 amide bonds. The number of allylic oxidation sites excluding steroid dienone is 12. The van der Waals surface area contributed by atoms with Gasteiger partial charge in [-0.3, -0.25) is 9.59 Å². The quantitative estimate of drug-likeness (QED) is 0.0345. The Morgan fingerprint density at radius 2 is 0.625 bits per heavy atom. The zero-order valence-corrected chi connectivity index (χ0v) is 48.2. The molecule has 0 radical (unpaired) electrons. The zero-order valence-electron chi connectivity index (χ0n) is 48.2. The number of hydrogen-bond acceptors (Lipinski definition) is 5. The molecular weight excluding hydrogens is 885 g/mol. The zero-order chi connectivity index (χ0) is 52.0. The minimum Gasteiger partial charge on any atom is -0.462 e. The highest BCUT2D eigenvalue weighted by Crippen LogP contribution is 2.17. The molecule has 0 heterocycles. The van der Waals surface area contributed by atoms with Crippen LogP contribution in [0.1, 0.15) is 316 Å². The van der Waals surface area contributed by atoms with Crippen molar-refractivity contribution in [3.63, 3.8) is 0 Å². The van der Waals surface area contributed by atoms with Gasteiger partial charge in [-0.1, -0.05) is 286 Å². The Morgan fingerprint density at radius 1 is 0.319 bits per heavy atom. The lowest BCUT2D eigenvalue weighted by Crippen LogP contribution is -2.30. The maximum absolute atomic E-state index is 12.9. The molecule has 72 heavy (non-hydrogen) atoms. The van der Waals surface area contributed by atoms with E-state index in [2.05, 4.69) is 93.7 Å². The molecule has 0 aliphatic heterocycles. The highest BCUT2D eigenvalue weighted by molar-refractivity contribution is 5.70. The summed E-state index contributed by atoms with van der Waals surface area (Å²) in [5.41, 5.74) is 0. The van der Waals surface area contributed by atoms with Crippen molar-refractivity contribution >= 4 is 11.9 Å². The number of ether oxygens (including phenoxy) is 3. The predicted octanol–water partition coefficient (Wildman–Crippen LogP) is 21.8. The maximum atomic E-state index is 12.9. The van der Waals surface area contributed by atoms with Crippen LogP contribution < -0.4 is 0 Å². The highest BCUT2D eigenvalue weighted by atomic mass is 16.6. The van der Waals surface area contributed by atoms with E-state index in [0.717, 1.165) is 89.9 Å². The third-order valence-electron chi connectivity index (χ3n) is 13.7. The first-order chi connectivity index (χ1) is 35.6. The fourth-order valence-electron chi connectivity index (χ4n) is 9.06. The van der Waals surface area contributed by atoms with Gasteiger partial charge in [0.15, 0.2) is 6.10 Å². The molecule has 0 fully saturated rings. The van der Waals surface area contributed by atoms with Crippen LogP contribution >= 0.6 is 0 Å². The highest BCUT2D eigenvalue weighted by Gasteiger charge is 2.17. The molecule has 0 aliphatic rings. The molecule has 0 spiro atoms. The lowest BCUT2D eigenvalue weighted by Gasteiger charge is -2.18. The Kier molecular flexibility index (Phi) is 60.3. The molecule has 1 unspecified atom stereocenters. The molecule has 0 aromatic heterocycles. The van der Waals surface area contributed by atoms with Crippen molar-refractivity contribution in [2.45, 2.75) is 322 Å². The van der Waals surface area contributed by atoms with E-state index in [4.69, 9.17) is 14.2 Å². The molecule has 0 N–H and O–H groups in total. The molecule has 0 aliphatic carbocycles. The molecule has 0 rings (SSSR count). The monoisotopic (exact) mass is 1000 g/mol. The first-order valence-electron chi connectivity index (χ1n) is 31.5. The first-order valence-corrected chi connectivity index (χ1v) is 31.5. The standard InChI is InChI=1S/C67H120O5/c1-4-7-10-13-16-19-22-25-28-31-33-35-38-41-44-47-50-53-56-59-62-70-63-65(72-67(69)61-58-55-52-49-46-43-40-36-30-27-24-21-18-15-12-9-6-3)64-71-66(68)60-57-54-51-48-45-42-39-37-34-32-29-26-23-20-17-14-11-8-5-2/h9,12,17-18,20-21,26-27,29-30,40,43,65H,4-8,10-11,13-16,19,22-25,28,31-39,41-42,44-64H2,1-3H3/b12-9-,20-17-,21-18-,29-26-,30-27-,43-40-. The Hall–Kier alpha value is -2.66. The van der Waals surface area contributed by atoms with E-state index in [9.17, 15) is 9.59 Å². The normalized spacial score (nSPS) is 12.7. The van der Waals surface area contributed by atoms with Crippen molar-refractivity contribution < 1.29 is 23.8 Å². The number of unbranched alkanes of at least 4 members (excludes halogenated alkanes) is 35. The smallest absolute Gasteiger partial charge is 0.306 e. The molecule has 0 saturated carbocycles. The molecule has 0 aromatic rings. The second kappa shape index (κ2) is 62.6. The van der Waals surface area contributed by atoms with Crippen LogP contribution in [-0.4, -0.2) is 37.9 Å². The average molecular weight is 1010 g/mol. The molecule has 418 valence electrons. The van der Waals surface area contributed by atoms with Gasteiger partial charge in [0, 0.05) is 19.4 Å². The van der Waals surface area contributed by atoms with Gasteiger partial charge < -0.3 is 14.2 Å². The number of carbonyl (C=O) groups excluding carboxylic acids is 2. The van der Waals surface area contributed by atoms with E-state index in [1.807, 2.05) is 0 Å². The van der Waals surface area contributed by atoms with Gasteiger partial charge in [-0.2, -0.15) is 0 Å². The fraction of sp³-hybridized carbons (Fsp3) is 0.791. The van der Waals surface area contributed by atoms with E-state index in [1.54, 1.807) is 0 Å². The fourth-order valence-corrected chi connectivity index (χ4v) is 9.06. The maximum Gasteiger partial charge on any atom is 0.306 e. The molecule has 1 atom stereocenters. The van der Waals surface area contributed by atoms with Crippen LogP contribution in [0, 0.1) is 0 Å². The average Bonchev–Trinajstić information content (AvgIpc) is 3.38. The van der Waals surface area contributed by atoms with Crippen LogP contribution in [-0.2, 0) is 23.8 Å². The van der Waals surface area contributed by atoms with Crippen LogP contribution in [0.2, 0.25) is 0 Å². The Labute approximate surface area is 448 Å². The van der Waals surface area contributed by atoms with Gasteiger partial charge in [0.2, 0.25) is 0 Å². The molecule has 0 aromatic carbocycles. The van der Waals surface area contributed by atoms with Crippen molar-refractivity contribution in [2.24, 2.45) is 0 Å². The number of carbonyl (C=O) groups is 2. The summed E-state index contributed by atoms with van der Waals surface area (Å²) in [5, 5.41) is 0. The summed E-state index contributed by atoms with van der Waals surface area (Å²) in [6.07, 6.45) is 82.2. The third kappa shape index (κ3) is 59.9. The van der Waals surface area contributed by atoms with Gasteiger partial charge in [-0.15, -0.1) is 0 Å². The summed E-state index contributed by atoms with van der Waals surface area (Å²) in [5.74, 6) is -0.416. The number of esters is 2. The van der Waals surface area contributed by atoms with Gasteiger partial charge in [-0.25, -0.2) is 0 Å². The molecule has 5 heteroatoms. The van der Waals surface area contributed by atoms with Crippen LogP contribution in [0.25, 0.3) is 0 Å². The molecule has 0 saturated heterocycles. The van der Waals surface area contributed by atoms with Gasteiger partial charge in [-0.05, 0) is 89.9 Å². The van der Waals surface area contributed by atoms with Crippen LogP contribution in [0.5, 0.6) is 0 Å². The third-order valence-corrected chi connectivity index (χ3v) is 13.7. The minimum atomic E-state index is -0.553. The van der Waals surface area contributed by atoms with E-state index in [0.29, 0.717) is 19.4 Å². The second-order valence-electron chi connectivity index (χ2n) is 20.9. The lowest BCUT2D eigenvalue weighted by molar-refractivity contribution is -0.163. The van der Waals surface area contributed by atoms with Crippen LogP contribution in [0.15, 0.2) is 72.9 Å². The van der Waals surface area contributed by atoms with Gasteiger partial charge in [0.05, 0.1) is 6.61 Å². The Bertz CT molecular complexity index is 1270. The Balaban J connectivity index is 4.29. The second-order valence-corrected chi connectivity index (χ2v) is 20.9. The first kappa shape index (κ1) is 69.3. The summed E-state index contributed by atoms with van der Waals surface area (Å²) in [6, 6.07) is 0. The van der Waals surface area contributed by atoms with Crippen molar-refractivity contribution in [3.05, 3.63) is 72.9 Å². The molecule has 0 bridgehead atoms. The van der Waals surface area contributed by atoms with E-state index < -0.39 is 6.10 Å². The van der Waals surface area contributed by atoms with Crippen molar-refractivity contribution in [2.75, 3.05) is 19.8 Å². The van der Waals surface area contributed by atoms with Gasteiger partial charge in [0.1, 0.15) is 6.61 Å². The topological polar surface area (TPSA) is 61.8 Å². The summed E-state index contributed by atoms with van der Waals surface area (Å²) < 4.78 is 17.5. The Morgan fingerprint density at radius 3 is 1.03 bits per heavy atom.